The van der Waals surface area contributed by atoms with Crippen LogP contribution in [0.4, 0.5) is 0 Å². The number of fused-ring (bicyclic) bond motifs is 3. The van der Waals surface area contributed by atoms with E-state index < -0.39 is 0 Å². The highest BCUT2D eigenvalue weighted by Crippen LogP contribution is 2.45. The first kappa shape index (κ1) is 20.9. The standard InChI is InChI=1S/C26H29NO5/c1-16-11-22-20(14-27(15-31-22)18-7-5-4-6-8-18)26-24(16)25(28)23(32-26)12-17-9-10-19(29-2)13-21(17)30-3/h9-13,18H,4-8,14-15H2,1-3H3/b23-12-. The zero-order valence-electron chi connectivity index (χ0n) is 18.9. The van der Waals surface area contributed by atoms with Crippen LogP contribution in [0.15, 0.2) is 30.0 Å². The topological polar surface area (TPSA) is 57.2 Å². The van der Waals surface area contributed by atoms with E-state index in [0.29, 0.717) is 41.3 Å². The molecule has 0 unspecified atom stereocenters. The van der Waals surface area contributed by atoms with E-state index in [2.05, 4.69) is 4.90 Å². The summed E-state index contributed by atoms with van der Waals surface area (Å²) in [6, 6.07) is 8.00. The second-order valence-electron chi connectivity index (χ2n) is 8.73. The van der Waals surface area contributed by atoms with E-state index in [0.717, 1.165) is 29.0 Å². The quantitative estimate of drug-likeness (QED) is 0.622. The highest BCUT2D eigenvalue weighted by Gasteiger charge is 2.36. The van der Waals surface area contributed by atoms with Crippen molar-refractivity contribution in [2.24, 2.45) is 0 Å². The maximum Gasteiger partial charge on any atom is 0.232 e. The third-order valence-corrected chi connectivity index (χ3v) is 6.77. The summed E-state index contributed by atoms with van der Waals surface area (Å²) in [5.74, 6) is 2.97. The van der Waals surface area contributed by atoms with Crippen LogP contribution in [0.25, 0.3) is 6.08 Å². The molecule has 2 aromatic rings. The Hall–Kier alpha value is -2.99. The molecule has 1 aliphatic carbocycles. The molecule has 1 fully saturated rings. The molecule has 0 N–H and O–H groups in total. The second-order valence-corrected chi connectivity index (χ2v) is 8.73. The van der Waals surface area contributed by atoms with Crippen molar-refractivity contribution in [2.45, 2.75) is 51.6 Å². The van der Waals surface area contributed by atoms with Crippen molar-refractivity contribution in [1.82, 2.24) is 4.90 Å². The first-order valence-electron chi connectivity index (χ1n) is 11.3. The van der Waals surface area contributed by atoms with Gasteiger partial charge in [-0.25, -0.2) is 0 Å². The van der Waals surface area contributed by atoms with Gasteiger partial charge in [-0.15, -0.1) is 0 Å². The van der Waals surface area contributed by atoms with Crippen LogP contribution >= 0.6 is 0 Å². The molecule has 0 amide bonds. The minimum Gasteiger partial charge on any atom is -0.497 e. The number of aryl methyl sites for hydroxylation is 1. The zero-order chi connectivity index (χ0) is 22.2. The van der Waals surface area contributed by atoms with Crippen molar-refractivity contribution >= 4 is 11.9 Å². The van der Waals surface area contributed by atoms with Gasteiger partial charge in [0.05, 0.1) is 25.3 Å². The summed E-state index contributed by atoms with van der Waals surface area (Å²) in [6.07, 6.45) is 8.01. The zero-order valence-corrected chi connectivity index (χ0v) is 18.9. The number of hydrogen-bond donors (Lipinski definition) is 0. The second kappa shape index (κ2) is 8.51. The predicted octanol–water partition coefficient (Wildman–Crippen LogP) is 5.11. The minimum absolute atomic E-state index is 0.104. The largest absolute Gasteiger partial charge is 0.497 e. The third-order valence-electron chi connectivity index (χ3n) is 6.77. The molecule has 5 rings (SSSR count). The lowest BCUT2D eigenvalue weighted by molar-refractivity contribution is 0.0393. The lowest BCUT2D eigenvalue weighted by atomic mass is 9.93. The number of benzene rings is 2. The number of hydrogen-bond acceptors (Lipinski definition) is 6. The van der Waals surface area contributed by atoms with Crippen LogP contribution < -0.4 is 18.9 Å². The summed E-state index contributed by atoms with van der Waals surface area (Å²) in [5.41, 5.74) is 3.24. The van der Waals surface area contributed by atoms with Gasteiger partial charge in [0.15, 0.2) is 5.76 Å². The van der Waals surface area contributed by atoms with Crippen LogP contribution in [-0.2, 0) is 6.54 Å². The van der Waals surface area contributed by atoms with Crippen molar-refractivity contribution in [3.05, 3.63) is 52.3 Å². The molecule has 1 saturated carbocycles. The number of carbonyl (C=O) groups is 1. The monoisotopic (exact) mass is 435 g/mol. The average Bonchev–Trinajstić information content (AvgIpc) is 3.16. The van der Waals surface area contributed by atoms with Crippen LogP contribution in [-0.4, -0.2) is 37.7 Å². The molecule has 0 bridgehead atoms. The average molecular weight is 436 g/mol. The first-order chi connectivity index (χ1) is 15.6. The Labute approximate surface area is 188 Å². The fourth-order valence-corrected chi connectivity index (χ4v) is 5.01. The van der Waals surface area contributed by atoms with Crippen LogP contribution in [0, 0.1) is 6.92 Å². The van der Waals surface area contributed by atoms with Gasteiger partial charge in [0.2, 0.25) is 5.78 Å². The molecule has 2 aromatic carbocycles. The molecule has 2 aliphatic heterocycles. The van der Waals surface area contributed by atoms with E-state index in [4.69, 9.17) is 18.9 Å². The molecule has 32 heavy (non-hydrogen) atoms. The van der Waals surface area contributed by atoms with Gasteiger partial charge < -0.3 is 18.9 Å². The normalized spacial score (nSPS) is 19.8. The van der Waals surface area contributed by atoms with Crippen molar-refractivity contribution in [2.75, 3.05) is 21.0 Å². The van der Waals surface area contributed by atoms with Gasteiger partial charge in [0, 0.05) is 24.2 Å². The summed E-state index contributed by atoms with van der Waals surface area (Å²) < 4.78 is 23.1. The molecule has 6 heteroatoms. The molecule has 0 spiro atoms. The van der Waals surface area contributed by atoms with E-state index in [1.165, 1.54) is 32.1 Å². The van der Waals surface area contributed by atoms with Crippen LogP contribution in [0.3, 0.4) is 0 Å². The van der Waals surface area contributed by atoms with Crippen molar-refractivity contribution < 1.29 is 23.7 Å². The van der Waals surface area contributed by atoms with E-state index >= 15 is 0 Å². The smallest absolute Gasteiger partial charge is 0.232 e. The number of nitrogens with zero attached hydrogens (tertiary/aromatic N) is 1. The molecular formula is C26H29NO5. The number of Topliss-reactive ketones (excluding diaryl/α,β-unsaturated/α-hetero) is 1. The SMILES string of the molecule is COc1ccc(/C=C2\Oc3c4c(cc(C)c3C2=O)OCN(C2CCCCC2)C4)c(OC)c1. The van der Waals surface area contributed by atoms with Gasteiger partial charge in [-0.05, 0) is 49.6 Å². The third kappa shape index (κ3) is 3.62. The first-order valence-corrected chi connectivity index (χ1v) is 11.3. The summed E-state index contributed by atoms with van der Waals surface area (Å²) in [4.78, 5) is 15.7. The number of ketones is 1. The number of allylic oxidation sites excluding steroid dienone is 1. The van der Waals surface area contributed by atoms with Gasteiger partial charge in [0.25, 0.3) is 0 Å². The predicted molar refractivity (Wildman–Crippen MR) is 122 cm³/mol. The van der Waals surface area contributed by atoms with Crippen LogP contribution in [0.1, 0.15) is 59.2 Å². The van der Waals surface area contributed by atoms with Gasteiger partial charge in [-0.1, -0.05) is 19.3 Å². The molecule has 0 radical (unpaired) electrons. The lowest BCUT2D eigenvalue weighted by Gasteiger charge is -2.37. The molecule has 3 aliphatic rings. The Morgan fingerprint density at radius 1 is 1.09 bits per heavy atom. The van der Waals surface area contributed by atoms with E-state index in [1.54, 1.807) is 26.4 Å². The Bertz CT molecular complexity index is 1080. The summed E-state index contributed by atoms with van der Waals surface area (Å²) in [5, 5.41) is 0. The Morgan fingerprint density at radius 2 is 1.91 bits per heavy atom. The maximum absolute atomic E-state index is 13.3. The number of carbonyl (C=O) groups excluding carboxylic acids is 1. The molecular weight excluding hydrogens is 406 g/mol. The van der Waals surface area contributed by atoms with E-state index in [1.807, 2.05) is 25.1 Å². The molecule has 6 nitrogen and oxygen atoms in total. The van der Waals surface area contributed by atoms with Crippen molar-refractivity contribution in [3.8, 4) is 23.0 Å². The highest BCUT2D eigenvalue weighted by molar-refractivity contribution is 6.16. The fourth-order valence-electron chi connectivity index (χ4n) is 5.01. The highest BCUT2D eigenvalue weighted by atomic mass is 16.5. The van der Waals surface area contributed by atoms with Crippen molar-refractivity contribution in [1.29, 1.82) is 0 Å². The molecule has 2 heterocycles. The Morgan fingerprint density at radius 3 is 2.66 bits per heavy atom. The summed E-state index contributed by atoms with van der Waals surface area (Å²) in [7, 11) is 3.21. The minimum atomic E-state index is -0.104. The molecule has 168 valence electrons. The van der Waals surface area contributed by atoms with Gasteiger partial charge in [-0.2, -0.15) is 0 Å². The van der Waals surface area contributed by atoms with Gasteiger partial charge >= 0.3 is 0 Å². The van der Waals surface area contributed by atoms with Crippen LogP contribution in [0.2, 0.25) is 0 Å². The number of rotatable bonds is 4. The summed E-state index contributed by atoms with van der Waals surface area (Å²) >= 11 is 0. The lowest BCUT2D eigenvalue weighted by Crippen LogP contribution is -2.41. The van der Waals surface area contributed by atoms with E-state index in [-0.39, 0.29) is 5.78 Å². The Balaban J connectivity index is 1.49. The Kier molecular flexibility index (Phi) is 5.55. The number of methoxy groups -OCH3 is 2. The number of ether oxygens (including phenoxy) is 4. The fraction of sp³-hybridized carbons (Fsp3) is 0.423. The molecule has 0 atom stereocenters. The van der Waals surface area contributed by atoms with E-state index in [9.17, 15) is 4.79 Å². The molecule has 0 saturated heterocycles. The maximum atomic E-state index is 13.3. The van der Waals surface area contributed by atoms with Crippen LogP contribution in [0.5, 0.6) is 23.0 Å². The molecule has 0 aromatic heterocycles. The van der Waals surface area contributed by atoms with Gasteiger partial charge in [0.1, 0.15) is 29.7 Å². The summed E-state index contributed by atoms with van der Waals surface area (Å²) in [6.45, 7) is 3.28. The van der Waals surface area contributed by atoms with Gasteiger partial charge in [-0.3, -0.25) is 9.69 Å². The van der Waals surface area contributed by atoms with Crippen molar-refractivity contribution in [3.63, 3.8) is 0 Å².